The standard InChI is InChI=1S/C30H60N4O3/c1-7-8-9-10-11-12-13-14-15-16-17-18-19-23-29(36)33-25-28(34(4,5)6)30(37)32-24-21-20-22-27(31-3)26(2)35/h27-28,31H,7-25H2,1-6H3,(H-,32,33,36,37)/p+1/t27-,28-/m0/s1. The van der Waals surface area contributed by atoms with Crippen molar-refractivity contribution in [3.8, 4) is 0 Å². The first kappa shape index (κ1) is 35.5. The molecule has 0 aliphatic carbocycles. The van der Waals surface area contributed by atoms with Gasteiger partial charge in [0, 0.05) is 13.0 Å². The molecule has 0 heterocycles. The van der Waals surface area contributed by atoms with E-state index < -0.39 is 0 Å². The van der Waals surface area contributed by atoms with Crippen molar-refractivity contribution in [2.45, 2.75) is 135 Å². The minimum absolute atomic E-state index is 0.0366. The summed E-state index contributed by atoms with van der Waals surface area (Å²) in [5.41, 5.74) is 0. The summed E-state index contributed by atoms with van der Waals surface area (Å²) >= 11 is 0. The van der Waals surface area contributed by atoms with E-state index in [1.54, 1.807) is 14.0 Å². The molecule has 2 atom stereocenters. The highest BCUT2D eigenvalue weighted by molar-refractivity contribution is 5.82. The van der Waals surface area contributed by atoms with Crippen LogP contribution in [0.4, 0.5) is 0 Å². The molecule has 0 radical (unpaired) electrons. The van der Waals surface area contributed by atoms with E-state index in [1.165, 1.54) is 70.6 Å². The Morgan fingerprint density at radius 3 is 1.68 bits per heavy atom. The zero-order chi connectivity index (χ0) is 27.9. The van der Waals surface area contributed by atoms with Crippen molar-refractivity contribution in [1.29, 1.82) is 0 Å². The van der Waals surface area contributed by atoms with E-state index in [1.807, 2.05) is 21.1 Å². The number of amides is 2. The van der Waals surface area contributed by atoms with Crippen LogP contribution in [0.2, 0.25) is 0 Å². The molecule has 0 aliphatic heterocycles. The number of hydrogen-bond donors (Lipinski definition) is 3. The summed E-state index contributed by atoms with van der Waals surface area (Å²) < 4.78 is 0.455. The number of hydrogen-bond acceptors (Lipinski definition) is 4. The molecule has 0 spiro atoms. The Morgan fingerprint density at radius 1 is 0.703 bits per heavy atom. The third-order valence-electron chi connectivity index (χ3n) is 7.30. The van der Waals surface area contributed by atoms with E-state index >= 15 is 0 Å². The molecule has 7 heteroatoms. The first-order chi connectivity index (χ1) is 17.6. The van der Waals surface area contributed by atoms with E-state index in [0.717, 1.165) is 32.1 Å². The van der Waals surface area contributed by atoms with E-state index in [-0.39, 0.29) is 29.7 Å². The van der Waals surface area contributed by atoms with Crippen LogP contribution in [0.5, 0.6) is 0 Å². The van der Waals surface area contributed by atoms with Crippen molar-refractivity contribution in [3.63, 3.8) is 0 Å². The fraction of sp³-hybridized carbons (Fsp3) is 0.900. The van der Waals surface area contributed by atoms with Crippen LogP contribution in [-0.2, 0) is 14.4 Å². The molecule has 0 unspecified atom stereocenters. The van der Waals surface area contributed by atoms with Crippen LogP contribution in [0.1, 0.15) is 123 Å². The molecule has 0 aromatic carbocycles. The summed E-state index contributed by atoms with van der Waals surface area (Å²) in [6.45, 7) is 4.79. The molecule has 0 aromatic rings. The maximum Gasteiger partial charge on any atom is 0.280 e. The topological polar surface area (TPSA) is 87.3 Å². The SMILES string of the molecule is CCCCCCCCCCCCCCCC(=O)NC[C@@H](C(=O)NCCCC[C@H](NC)C(C)=O)[N+](C)(C)C. The van der Waals surface area contributed by atoms with Crippen LogP contribution in [-0.4, -0.2) is 75.4 Å². The quantitative estimate of drug-likeness (QED) is 0.114. The van der Waals surface area contributed by atoms with Gasteiger partial charge in [-0.2, -0.15) is 0 Å². The molecule has 3 N–H and O–H groups in total. The van der Waals surface area contributed by atoms with Crippen molar-refractivity contribution in [2.75, 3.05) is 41.3 Å². The van der Waals surface area contributed by atoms with Gasteiger partial charge < -0.3 is 20.4 Å². The number of likely N-dealkylation sites (N-methyl/N-ethyl adjacent to an activating group) is 2. The van der Waals surface area contributed by atoms with Crippen molar-refractivity contribution < 1.29 is 18.9 Å². The minimum Gasteiger partial charge on any atom is -0.351 e. The maximum absolute atomic E-state index is 12.8. The lowest BCUT2D eigenvalue weighted by Gasteiger charge is -2.33. The third kappa shape index (κ3) is 20.2. The Bertz CT molecular complexity index is 604. The smallest absolute Gasteiger partial charge is 0.280 e. The van der Waals surface area contributed by atoms with Crippen LogP contribution < -0.4 is 16.0 Å². The number of nitrogens with zero attached hydrogens (tertiary/aromatic N) is 1. The van der Waals surface area contributed by atoms with E-state index in [2.05, 4.69) is 22.9 Å². The van der Waals surface area contributed by atoms with Crippen molar-refractivity contribution in [2.24, 2.45) is 0 Å². The van der Waals surface area contributed by atoms with Gasteiger partial charge >= 0.3 is 0 Å². The number of unbranched alkanes of at least 4 members (excludes halogenated alkanes) is 13. The number of rotatable bonds is 25. The average molecular weight is 526 g/mol. The summed E-state index contributed by atoms with van der Waals surface area (Å²) in [5.74, 6) is 0.147. The van der Waals surface area contributed by atoms with E-state index in [4.69, 9.17) is 0 Å². The van der Waals surface area contributed by atoms with Crippen LogP contribution in [0.25, 0.3) is 0 Å². The van der Waals surface area contributed by atoms with Crippen molar-refractivity contribution in [1.82, 2.24) is 16.0 Å². The third-order valence-corrected chi connectivity index (χ3v) is 7.30. The molecule has 218 valence electrons. The number of quaternary nitrogens is 1. The van der Waals surface area contributed by atoms with Gasteiger partial charge in [-0.25, -0.2) is 0 Å². The Hall–Kier alpha value is -1.47. The normalized spacial score (nSPS) is 13.2. The van der Waals surface area contributed by atoms with Crippen LogP contribution in [0, 0.1) is 0 Å². The maximum atomic E-state index is 12.8. The van der Waals surface area contributed by atoms with Gasteiger partial charge in [0.15, 0.2) is 6.04 Å². The van der Waals surface area contributed by atoms with Gasteiger partial charge in [-0.1, -0.05) is 84.0 Å². The van der Waals surface area contributed by atoms with Gasteiger partial charge in [0.05, 0.1) is 33.7 Å². The summed E-state index contributed by atoms with van der Waals surface area (Å²) in [5, 5.41) is 9.03. The predicted molar refractivity (Wildman–Crippen MR) is 156 cm³/mol. The first-order valence-corrected chi connectivity index (χ1v) is 15.2. The van der Waals surface area contributed by atoms with E-state index in [9.17, 15) is 14.4 Å². The highest BCUT2D eigenvalue weighted by atomic mass is 16.2. The number of Topliss-reactive ketones (excluding diaryl/α,β-unsaturated/α-hetero) is 1. The summed E-state index contributed by atoms with van der Waals surface area (Å²) in [4.78, 5) is 36.7. The molecule has 0 aromatic heterocycles. The van der Waals surface area contributed by atoms with Gasteiger partial charge in [-0.05, 0) is 39.7 Å². The largest absolute Gasteiger partial charge is 0.351 e. The first-order valence-electron chi connectivity index (χ1n) is 15.2. The van der Waals surface area contributed by atoms with Crippen molar-refractivity contribution >= 4 is 17.6 Å². The Labute approximate surface area is 228 Å². The highest BCUT2D eigenvalue weighted by Gasteiger charge is 2.31. The van der Waals surface area contributed by atoms with E-state index in [0.29, 0.717) is 24.0 Å². The average Bonchev–Trinajstić information content (AvgIpc) is 2.83. The second-order valence-electron chi connectivity index (χ2n) is 11.7. The second-order valence-corrected chi connectivity index (χ2v) is 11.7. The summed E-state index contributed by atoms with van der Waals surface area (Å²) in [7, 11) is 7.74. The molecule has 0 fully saturated rings. The molecule has 0 bridgehead atoms. The molecule has 37 heavy (non-hydrogen) atoms. The lowest BCUT2D eigenvalue weighted by molar-refractivity contribution is -0.885. The Balaban J connectivity index is 3.96. The van der Waals surface area contributed by atoms with Gasteiger partial charge in [-0.15, -0.1) is 0 Å². The molecule has 0 rings (SSSR count). The monoisotopic (exact) mass is 525 g/mol. The fourth-order valence-corrected chi connectivity index (χ4v) is 4.67. The zero-order valence-corrected chi connectivity index (χ0v) is 25.3. The molecule has 0 saturated carbocycles. The molecular formula is C30H61N4O3+. The molecule has 7 nitrogen and oxygen atoms in total. The van der Waals surface area contributed by atoms with Gasteiger partial charge in [0.1, 0.15) is 5.78 Å². The zero-order valence-electron chi connectivity index (χ0n) is 25.3. The lowest BCUT2D eigenvalue weighted by Crippen LogP contribution is -2.58. The number of nitrogens with one attached hydrogen (secondary N) is 3. The summed E-state index contributed by atoms with van der Waals surface area (Å²) in [6.07, 6.45) is 19.8. The molecular weight excluding hydrogens is 464 g/mol. The summed E-state index contributed by atoms with van der Waals surface area (Å²) in [6, 6.07) is -0.447. The second kappa shape index (κ2) is 22.5. The van der Waals surface area contributed by atoms with Crippen LogP contribution >= 0.6 is 0 Å². The number of carbonyl (C=O) groups is 3. The Morgan fingerprint density at radius 2 is 1.22 bits per heavy atom. The van der Waals surface area contributed by atoms with Crippen LogP contribution in [0.15, 0.2) is 0 Å². The number of carbonyl (C=O) groups excluding carboxylic acids is 3. The van der Waals surface area contributed by atoms with Crippen molar-refractivity contribution in [3.05, 3.63) is 0 Å². The Kier molecular flexibility index (Phi) is 21.6. The predicted octanol–water partition coefficient (Wildman–Crippen LogP) is 5.12. The molecule has 2 amide bonds. The van der Waals surface area contributed by atoms with Gasteiger partial charge in [-0.3, -0.25) is 14.4 Å². The number of ketones is 1. The minimum atomic E-state index is -0.335. The van der Waals surface area contributed by atoms with Crippen LogP contribution in [0.3, 0.4) is 0 Å². The lowest BCUT2D eigenvalue weighted by atomic mass is 10.0. The van der Waals surface area contributed by atoms with Gasteiger partial charge in [0.25, 0.3) is 5.91 Å². The molecule has 0 aliphatic rings. The fourth-order valence-electron chi connectivity index (χ4n) is 4.67. The highest BCUT2D eigenvalue weighted by Crippen LogP contribution is 2.13. The molecule has 0 saturated heterocycles. The van der Waals surface area contributed by atoms with Gasteiger partial charge in [0.2, 0.25) is 5.91 Å².